The van der Waals surface area contributed by atoms with Gasteiger partial charge in [-0.1, -0.05) is 0 Å². The van der Waals surface area contributed by atoms with Gasteiger partial charge in [0.2, 0.25) is 0 Å². The summed E-state index contributed by atoms with van der Waals surface area (Å²) in [7, 11) is 0. The van der Waals surface area contributed by atoms with Gasteiger partial charge in [0, 0.05) is 62.3 Å². The Labute approximate surface area is 225 Å². The van der Waals surface area contributed by atoms with E-state index in [4.69, 9.17) is 19.3 Å². The Bertz CT molecular complexity index is 1190. The molecule has 0 bridgehead atoms. The summed E-state index contributed by atoms with van der Waals surface area (Å²) in [5.74, 6) is 0.861. The minimum absolute atomic E-state index is 0.264. The van der Waals surface area contributed by atoms with Gasteiger partial charge in [0.25, 0.3) is 0 Å². The molecule has 200 valence electrons. The molecule has 6 heterocycles. The normalized spacial score (nSPS) is 16.6. The first-order valence-electron chi connectivity index (χ1n) is 12.6. The van der Waals surface area contributed by atoms with E-state index >= 15 is 0 Å². The summed E-state index contributed by atoms with van der Waals surface area (Å²) in [6.45, 7) is 9.96. The Hall–Kier alpha value is -2.54. The molecule has 4 aromatic rings. The number of aromatic nitrogens is 4. The summed E-state index contributed by atoms with van der Waals surface area (Å²) in [6, 6.07) is 11.9. The fraction of sp³-hybridized carbons (Fsp3) is 0.462. The average Bonchev–Trinajstić information content (AvgIpc) is 3.60. The van der Waals surface area contributed by atoms with Crippen LogP contribution in [0, 0.1) is 0 Å². The van der Waals surface area contributed by atoms with Crippen molar-refractivity contribution in [2.24, 2.45) is 0 Å². The first kappa shape index (κ1) is 27.5. The van der Waals surface area contributed by atoms with Crippen LogP contribution in [-0.4, -0.2) is 113 Å². The molecule has 2 aliphatic rings. The number of nitrogens with zero attached hydrogens (tertiary/aromatic N) is 6. The summed E-state index contributed by atoms with van der Waals surface area (Å²) in [5, 5.41) is 16.8. The van der Waals surface area contributed by atoms with Gasteiger partial charge >= 0.3 is 0 Å². The first-order valence-corrected chi connectivity index (χ1v) is 13.4. The summed E-state index contributed by atoms with van der Waals surface area (Å²) in [4.78, 5) is 4.56. The minimum Gasteiger partial charge on any atom is -0.491 e. The van der Waals surface area contributed by atoms with Crippen LogP contribution in [0.4, 0.5) is 0 Å². The minimum atomic E-state index is 0.264. The van der Waals surface area contributed by atoms with Gasteiger partial charge in [-0.15, -0.1) is 0 Å². The van der Waals surface area contributed by atoms with Crippen LogP contribution in [0.1, 0.15) is 0 Å². The van der Waals surface area contributed by atoms with Crippen LogP contribution in [0.3, 0.4) is 0 Å². The lowest BCUT2D eigenvalue weighted by Crippen LogP contribution is -2.38. The van der Waals surface area contributed by atoms with Gasteiger partial charge in [0.1, 0.15) is 12.4 Å². The van der Waals surface area contributed by atoms with Gasteiger partial charge < -0.3 is 19.3 Å². The van der Waals surface area contributed by atoms with E-state index in [9.17, 15) is 0 Å². The van der Waals surface area contributed by atoms with Crippen molar-refractivity contribution in [1.29, 1.82) is 0 Å². The number of pyridine rings is 2. The van der Waals surface area contributed by atoms with E-state index in [1.807, 2.05) is 57.8 Å². The van der Waals surface area contributed by atoms with Gasteiger partial charge in [-0.3, -0.25) is 9.80 Å². The predicted molar refractivity (Wildman–Crippen MR) is 145 cm³/mol. The molecular weight excluding hydrogens is 540 g/mol. The lowest BCUT2D eigenvalue weighted by atomic mass is 10.4. The number of aliphatic hydroxyl groups is 1. The topological polar surface area (TPSA) is 89.0 Å². The van der Waals surface area contributed by atoms with E-state index in [-0.39, 0.29) is 6.61 Å². The number of rotatable bonds is 6. The smallest absolute Gasteiger partial charge is 0.137 e. The first-order chi connectivity index (χ1) is 18.2. The van der Waals surface area contributed by atoms with Gasteiger partial charge in [0.05, 0.1) is 50.3 Å². The number of hydrogen-bond acceptors (Lipinski definition) is 8. The Morgan fingerprint density at radius 3 is 1.95 bits per heavy atom. The molecule has 0 aromatic carbocycles. The molecule has 0 unspecified atom stereocenters. The van der Waals surface area contributed by atoms with Crippen molar-refractivity contribution >= 4 is 27.0 Å². The maximum absolute atomic E-state index is 8.54. The number of hydrogen-bond donors (Lipinski definition) is 1. The number of halogens is 1. The van der Waals surface area contributed by atoms with E-state index in [0.717, 1.165) is 87.0 Å². The van der Waals surface area contributed by atoms with Crippen LogP contribution in [0.5, 0.6) is 5.75 Å². The van der Waals surface area contributed by atoms with Crippen molar-refractivity contribution in [2.75, 3.05) is 78.9 Å². The molecular formula is C26H35BrN6O4. The molecule has 0 atom stereocenters. The fourth-order valence-electron chi connectivity index (χ4n) is 3.95. The van der Waals surface area contributed by atoms with E-state index in [1.165, 1.54) is 0 Å². The summed E-state index contributed by atoms with van der Waals surface area (Å²) >= 11 is 3.36. The van der Waals surface area contributed by atoms with Crippen LogP contribution >= 0.6 is 15.9 Å². The molecule has 2 fully saturated rings. The van der Waals surface area contributed by atoms with Crippen molar-refractivity contribution in [3.8, 4) is 5.75 Å². The molecule has 1 N–H and O–H groups in total. The lowest BCUT2D eigenvalue weighted by molar-refractivity contribution is 0.0306. The Morgan fingerprint density at radius 1 is 0.757 bits per heavy atom. The third-order valence-electron chi connectivity index (χ3n) is 6.03. The van der Waals surface area contributed by atoms with Gasteiger partial charge in [0.15, 0.2) is 0 Å². The highest BCUT2D eigenvalue weighted by atomic mass is 79.9. The van der Waals surface area contributed by atoms with Crippen molar-refractivity contribution in [2.45, 2.75) is 0 Å². The second-order valence-corrected chi connectivity index (χ2v) is 9.51. The van der Waals surface area contributed by atoms with Crippen molar-refractivity contribution in [3.05, 3.63) is 65.7 Å². The molecule has 2 saturated heterocycles. The molecule has 0 aliphatic carbocycles. The molecule has 10 nitrogen and oxygen atoms in total. The highest BCUT2D eigenvalue weighted by Crippen LogP contribution is 2.13. The largest absolute Gasteiger partial charge is 0.491 e. The Kier molecular flexibility index (Phi) is 11.2. The average molecular weight is 576 g/mol. The second kappa shape index (κ2) is 15.0. The molecule has 0 saturated carbocycles. The van der Waals surface area contributed by atoms with Crippen molar-refractivity contribution in [1.82, 2.24) is 29.0 Å². The van der Waals surface area contributed by atoms with E-state index in [2.05, 4.69) is 35.9 Å². The second-order valence-electron chi connectivity index (χ2n) is 8.59. The molecule has 37 heavy (non-hydrogen) atoms. The van der Waals surface area contributed by atoms with Gasteiger partial charge in [-0.25, -0.2) is 9.03 Å². The zero-order chi connectivity index (χ0) is 25.7. The molecule has 2 aliphatic heterocycles. The van der Waals surface area contributed by atoms with E-state index in [1.54, 1.807) is 12.4 Å². The number of morpholine rings is 2. The van der Waals surface area contributed by atoms with Crippen LogP contribution < -0.4 is 4.74 Å². The molecule has 0 spiro atoms. The van der Waals surface area contributed by atoms with E-state index in [0.29, 0.717) is 6.61 Å². The summed E-state index contributed by atoms with van der Waals surface area (Å²) in [5.41, 5.74) is 2.19. The van der Waals surface area contributed by atoms with Crippen molar-refractivity contribution in [3.63, 3.8) is 0 Å². The zero-order valence-electron chi connectivity index (χ0n) is 21.0. The third kappa shape index (κ3) is 9.06. The van der Waals surface area contributed by atoms with Crippen LogP contribution in [-0.2, 0) is 9.47 Å². The number of β-amino-alcohol motifs (C(OH)–C–C–N with tert-alkyl or cyclic N) is 1. The highest BCUT2D eigenvalue weighted by molar-refractivity contribution is 9.10. The maximum Gasteiger partial charge on any atom is 0.137 e. The van der Waals surface area contributed by atoms with E-state index < -0.39 is 0 Å². The monoisotopic (exact) mass is 574 g/mol. The summed E-state index contributed by atoms with van der Waals surface area (Å²) < 4.78 is 20.9. The molecule has 6 rings (SSSR count). The Morgan fingerprint density at radius 2 is 1.32 bits per heavy atom. The highest BCUT2D eigenvalue weighted by Gasteiger charge is 2.10. The molecule has 4 aromatic heterocycles. The predicted octanol–water partition coefficient (Wildman–Crippen LogP) is 2.45. The zero-order valence-corrected chi connectivity index (χ0v) is 22.6. The van der Waals surface area contributed by atoms with Gasteiger partial charge in [-0.2, -0.15) is 10.2 Å². The number of aliphatic hydroxyl groups excluding tert-OH is 1. The fourth-order valence-corrected chi connectivity index (χ4v) is 4.28. The number of ether oxygens (including phenoxy) is 3. The summed E-state index contributed by atoms with van der Waals surface area (Å²) in [6.07, 6.45) is 7.40. The number of fused-ring (bicyclic) bond motifs is 2. The SMILES string of the molecule is Brc1ccc2ccnn2c1.OCCN1CCOCC1.c1cc2ccc(OCCN3CCOCC3)cn2n1. The van der Waals surface area contributed by atoms with Crippen LogP contribution in [0.25, 0.3) is 11.0 Å². The Balaban J connectivity index is 0.000000143. The van der Waals surface area contributed by atoms with Gasteiger partial charge in [-0.05, 0) is 52.3 Å². The van der Waals surface area contributed by atoms with Crippen molar-refractivity contribution < 1.29 is 19.3 Å². The van der Waals surface area contributed by atoms with Crippen LogP contribution in [0.2, 0.25) is 0 Å². The van der Waals surface area contributed by atoms with Crippen LogP contribution in [0.15, 0.2) is 65.7 Å². The lowest BCUT2D eigenvalue weighted by Gasteiger charge is -2.26. The molecule has 11 heteroatoms. The standard InChI is InChI=1S/C13H17N3O2.C7H5BrN2.C6H13NO2/c1-2-13(11-16-12(1)3-4-14-16)18-10-7-15-5-8-17-9-6-15;8-6-1-2-7-3-4-9-10(7)5-6;8-4-1-7-2-5-9-6-3-7/h1-4,11H,5-10H2;1-5H;8H,1-6H2. The molecule has 0 amide bonds. The third-order valence-corrected chi connectivity index (χ3v) is 6.50. The maximum atomic E-state index is 8.54. The quantitative estimate of drug-likeness (QED) is 0.375. The molecule has 0 radical (unpaired) electrons.